The van der Waals surface area contributed by atoms with Crippen molar-refractivity contribution < 1.29 is 44.9 Å². The molecule has 2 saturated carbocycles. The van der Waals surface area contributed by atoms with E-state index < -0.39 is 66.3 Å². The first-order valence-corrected chi connectivity index (χ1v) is 16.6. The number of rotatable bonds is 8. The van der Waals surface area contributed by atoms with Crippen molar-refractivity contribution in [1.29, 1.82) is 0 Å². The van der Waals surface area contributed by atoms with Crippen LogP contribution in [0.25, 0.3) is 0 Å². The maximum Gasteiger partial charge on any atom is 0.317 e. The van der Waals surface area contributed by atoms with Gasteiger partial charge in [0.15, 0.2) is 6.29 Å². The Morgan fingerprint density at radius 3 is 2.41 bits per heavy atom. The number of carboxylic acid groups (broad SMARTS) is 1. The number of hydrogen-bond acceptors (Lipinski definition) is 8. The van der Waals surface area contributed by atoms with Gasteiger partial charge in [-0.2, -0.15) is 0 Å². The third kappa shape index (κ3) is 4.97. The van der Waals surface area contributed by atoms with Crippen LogP contribution in [0.1, 0.15) is 92.4 Å². The van der Waals surface area contributed by atoms with Gasteiger partial charge in [0.1, 0.15) is 29.8 Å². The molecule has 9 nitrogen and oxygen atoms in total. The van der Waals surface area contributed by atoms with Gasteiger partial charge in [-0.25, -0.2) is 0 Å². The minimum Gasteiger partial charge on any atom is -0.480 e. The Balaban J connectivity index is 1.42. The lowest BCUT2D eigenvalue weighted by molar-refractivity contribution is -0.310. The van der Waals surface area contributed by atoms with Crippen LogP contribution in [0.2, 0.25) is 0 Å². The molecule has 44 heavy (non-hydrogen) atoms. The average molecular weight is 619 g/mol. The molecular formula is C35H54O9. The van der Waals surface area contributed by atoms with Crippen LogP contribution < -0.4 is 0 Å². The van der Waals surface area contributed by atoms with E-state index in [0.717, 1.165) is 36.0 Å². The summed E-state index contributed by atoms with van der Waals surface area (Å²) in [5.74, 6) is -0.497. The molecule has 6 N–H and O–H groups in total. The molecule has 0 unspecified atom stereocenters. The number of carboxylic acids is 1. The molecule has 0 radical (unpaired) electrons. The van der Waals surface area contributed by atoms with Crippen molar-refractivity contribution in [2.45, 2.75) is 135 Å². The molecule has 3 fully saturated rings. The van der Waals surface area contributed by atoms with Crippen LogP contribution in [-0.4, -0.2) is 86.1 Å². The monoisotopic (exact) mass is 618 g/mol. The van der Waals surface area contributed by atoms with Crippen LogP contribution in [-0.2, 0) is 14.3 Å². The topological polar surface area (TPSA) is 157 Å². The Kier molecular flexibility index (Phi) is 9.37. The van der Waals surface area contributed by atoms with Crippen LogP contribution in [0, 0.1) is 34.0 Å². The van der Waals surface area contributed by atoms with Gasteiger partial charge in [0.05, 0.1) is 18.8 Å². The fourth-order valence-electron chi connectivity index (χ4n) is 10.3. The number of aliphatic hydroxyl groups is 5. The first-order chi connectivity index (χ1) is 20.6. The van der Waals surface area contributed by atoms with Crippen LogP contribution >= 0.6 is 0 Å². The van der Waals surface area contributed by atoms with Gasteiger partial charge >= 0.3 is 5.97 Å². The molecule has 248 valence electrons. The summed E-state index contributed by atoms with van der Waals surface area (Å²) in [5, 5.41) is 63.4. The van der Waals surface area contributed by atoms with E-state index in [0.29, 0.717) is 38.5 Å². The van der Waals surface area contributed by atoms with E-state index in [1.54, 1.807) is 0 Å². The van der Waals surface area contributed by atoms with Gasteiger partial charge in [-0.15, -0.1) is 0 Å². The predicted octanol–water partition coefficient (Wildman–Crippen LogP) is 3.87. The lowest BCUT2D eigenvalue weighted by atomic mass is 9.45. The van der Waals surface area contributed by atoms with Crippen LogP contribution in [0.3, 0.4) is 0 Å². The van der Waals surface area contributed by atoms with E-state index >= 15 is 0 Å². The number of allylic oxidation sites excluding steroid dienone is 3. The summed E-state index contributed by atoms with van der Waals surface area (Å²) in [6, 6.07) is 0. The number of hydrogen-bond donors (Lipinski definition) is 6. The molecule has 0 aromatic heterocycles. The van der Waals surface area contributed by atoms with Crippen molar-refractivity contribution in [2.75, 3.05) is 6.61 Å². The Bertz CT molecular complexity index is 1190. The molecule has 0 aromatic rings. The zero-order valence-corrected chi connectivity index (χ0v) is 27.0. The van der Waals surface area contributed by atoms with E-state index in [4.69, 9.17) is 9.47 Å². The van der Waals surface area contributed by atoms with E-state index in [1.807, 2.05) is 0 Å². The Morgan fingerprint density at radius 2 is 1.77 bits per heavy atom. The van der Waals surface area contributed by atoms with E-state index in [-0.39, 0.29) is 23.2 Å². The van der Waals surface area contributed by atoms with Crippen molar-refractivity contribution in [3.63, 3.8) is 0 Å². The second-order valence-corrected chi connectivity index (χ2v) is 15.1. The first-order valence-electron chi connectivity index (χ1n) is 16.6. The summed E-state index contributed by atoms with van der Waals surface area (Å²) in [5.41, 5.74) is 2.03. The molecule has 1 saturated heterocycles. The van der Waals surface area contributed by atoms with Crippen LogP contribution in [0.4, 0.5) is 0 Å². The highest BCUT2D eigenvalue weighted by Gasteiger charge is 2.71. The summed E-state index contributed by atoms with van der Waals surface area (Å²) in [6.07, 6.45) is 0.527. The molecule has 0 amide bonds. The quantitative estimate of drug-likeness (QED) is 0.222. The molecule has 0 bridgehead atoms. The average Bonchev–Trinajstić information content (AvgIpc) is 3.22. The van der Waals surface area contributed by atoms with Crippen molar-refractivity contribution in [3.05, 3.63) is 34.9 Å². The summed E-state index contributed by atoms with van der Waals surface area (Å²) in [6.45, 7) is 14.7. The summed E-state index contributed by atoms with van der Waals surface area (Å²) in [7, 11) is 0. The molecule has 0 spiro atoms. The number of aliphatic hydroxyl groups excluding tert-OH is 5. The van der Waals surface area contributed by atoms with Gasteiger partial charge in [0.25, 0.3) is 0 Å². The third-order valence-electron chi connectivity index (χ3n) is 12.7. The lowest BCUT2D eigenvalue weighted by Crippen LogP contribution is -2.60. The maximum absolute atomic E-state index is 13.5. The largest absolute Gasteiger partial charge is 0.480 e. The maximum atomic E-state index is 13.5. The molecular weight excluding hydrogens is 564 g/mol. The molecule has 4 aliphatic carbocycles. The SMILES string of the molecule is C=C1[C@H](O[C@H]2O[C@H](CO)[C@@H](O)[C@H](O)[C@H]2O)CC[C@]2(C)C3=C(CC[C@@H]12)[C@]1(C(=O)O)[C@H](O)C[C@H]([C@H](C)CCC=C(C)C)[C@@]1(C)CC3. The summed E-state index contributed by atoms with van der Waals surface area (Å²) < 4.78 is 11.8. The molecule has 0 aromatic carbocycles. The molecule has 1 aliphatic heterocycles. The van der Waals surface area contributed by atoms with Crippen molar-refractivity contribution in [2.24, 2.45) is 34.0 Å². The fourth-order valence-corrected chi connectivity index (χ4v) is 10.3. The Labute approximate surface area is 261 Å². The molecule has 13 atom stereocenters. The van der Waals surface area contributed by atoms with Gasteiger partial charge in [0.2, 0.25) is 0 Å². The van der Waals surface area contributed by atoms with E-state index in [2.05, 4.69) is 47.3 Å². The number of aliphatic carboxylic acids is 1. The second-order valence-electron chi connectivity index (χ2n) is 15.1. The number of ether oxygens (including phenoxy) is 2. The lowest BCUT2D eigenvalue weighted by Gasteiger charge is -2.59. The van der Waals surface area contributed by atoms with Crippen LogP contribution in [0.15, 0.2) is 34.9 Å². The number of carbonyl (C=O) groups is 1. The van der Waals surface area contributed by atoms with E-state index in [1.165, 1.54) is 5.57 Å². The Hall–Kier alpha value is -1.59. The highest BCUT2D eigenvalue weighted by molar-refractivity contribution is 5.83. The highest BCUT2D eigenvalue weighted by Crippen LogP contribution is 2.72. The zero-order valence-electron chi connectivity index (χ0n) is 27.0. The van der Waals surface area contributed by atoms with Gasteiger partial charge < -0.3 is 40.1 Å². The molecule has 5 aliphatic rings. The zero-order chi connectivity index (χ0) is 32.4. The molecule has 9 heteroatoms. The molecule has 1 heterocycles. The minimum atomic E-state index is -1.52. The highest BCUT2D eigenvalue weighted by atomic mass is 16.7. The predicted molar refractivity (Wildman–Crippen MR) is 164 cm³/mol. The smallest absolute Gasteiger partial charge is 0.317 e. The third-order valence-corrected chi connectivity index (χ3v) is 12.7. The minimum absolute atomic E-state index is 0.0115. The van der Waals surface area contributed by atoms with Crippen LogP contribution in [0.5, 0.6) is 0 Å². The van der Waals surface area contributed by atoms with E-state index in [9.17, 15) is 35.4 Å². The second kappa shape index (κ2) is 12.2. The van der Waals surface area contributed by atoms with Crippen molar-refractivity contribution in [1.82, 2.24) is 0 Å². The summed E-state index contributed by atoms with van der Waals surface area (Å²) >= 11 is 0. The van der Waals surface area contributed by atoms with Gasteiger partial charge in [-0.3, -0.25) is 4.79 Å². The van der Waals surface area contributed by atoms with Gasteiger partial charge in [-0.05, 0) is 106 Å². The fraction of sp³-hybridized carbons (Fsp3) is 0.800. The normalized spacial score (nSPS) is 46.1. The first kappa shape index (κ1) is 33.8. The Morgan fingerprint density at radius 1 is 1.07 bits per heavy atom. The van der Waals surface area contributed by atoms with Gasteiger partial charge in [0, 0.05) is 0 Å². The van der Waals surface area contributed by atoms with Gasteiger partial charge in [-0.1, -0.05) is 50.1 Å². The standard InChI is InChI=1S/C35H54O9/c1-18(2)8-7-9-19(3)24-16-27(37)35(32(41)42)23-11-10-21-20(4)25(13-14-33(21,5)22(23)12-15-34(24,35)6)43-31-30(40)29(39)28(38)26(17-36)44-31/h8,19,21,24-31,36-40H,4,7,9-17H2,1-3,5-6H3,(H,41,42)/t19-,21+,24-,25-,26-,27-,28-,29+,30-,31+,33+,34-,35-/m1/s1. The molecule has 5 rings (SSSR count). The summed E-state index contributed by atoms with van der Waals surface area (Å²) in [4.78, 5) is 13.5. The number of fused-ring (bicyclic) bond motifs is 4. The van der Waals surface area contributed by atoms with Crippen molar-refractivity contribution >= 4 is 5.97 Å². The van der Waals surface area contributed by atoms with Crippen molar-refractivity contribution in [3.8, 4) is 0 Å².